The Kier molecular flexibility index (Phi) is 14.1. The van der Waals surface area contributed by atoms with Gasteiger partial charge in [-0.15, -0.1) is 0 Å². The molecule has 0 aliphatic heterocycles. The topological polar surface area (TPSA) is 41.6 Å². The Morgan fingerprint density at radius 2 is 1.30 bits per heavy atom. The zero-order valence-electron chi connectivity index (χ0n) is 13.7. The molecule has 0 aliphatic carbocycles. The number of nitrogens with zero attached hydrogens (tertiary/aromatic N) is 1. The molecule has 0 aliphatic rings. The van der Waals surface area contributed by atoms with E-state index in [1.807, 2.05) is 5.01 Å². The molecule has 4 nitrogen and oxygen atoms in total. The SMILES string of the molecule is CCCCCCCN(CCCCCCC)NC(=O)OC. The fraction of sp³-hybridized carbons (Fsp3) is 0.938. The van der Waals surface area contributed by atoms with E-state index in [9.17, 15) is 4.79 Å². The number of amides is 1. The Balaban J connectivity index is 3.79. The lowest BCUT2D eigenvalue weighted by Gasteiger charge is -2.22. The number of hydrogen-bond donors (Lipinski definition) is 1. The molecule has 0 aromatic rings. The van der Waals surface area contributed by atoms with Crippen LogP contribution in [-0.4, -0.2) is 31.3 Å². The summed E-state index contributed by atoms with van der Waals surface area (Å²) in [7, 11) is 1.41. The van der Waals surface area contributed by atoms with E-state index in [0.29, 0.717) is 0 Å². The van der Waals surface area contributed by atoms with Gasteiger partial charge in [-0.05, 0) is 12.8 Å². The molecular formula is C16H34N2O2. The number of hydrogen-bond acceptors (Lipinski definition) is 3. The molecule has 0 saturated carbocycles. The van der Waals surface area contributed by atoms with Crippen molar-refractivity contribution < 1.29 is 9.53 Å². The van der Waals surface area contributed by atoms with Crippen molar-refractivity contribution in [3.8, 4) is 0 Å². The second-order valence-electron chi connectivity index (χ2n) is 5.42. The summed E-state index contributed by atoms with van der Waals surface area (Å²) in [5.41, 5.74) is 2.82. The van der Waals surface area contributed by atoms with Crippen LogP contribution in [0.15, 0.2) is 0 Å². The number of carbonyl (C=O) groups is 1. The highest BCUT2D eigenvalue weighted by Crippen LogP contribution is 2.06. The summed E-state index contributed by atoms with van der Waals surface area (Å²) in [6.07, 6.45) is 12.1. The van der Waals surface area contributed by atoms with Gasteiger partial charge in [0.2, 0.25) is 0 Å². The van der Waals surface area contributed by atoms with Gasteiger partial charge in [0.1, 0.15) is 0 Å². The van der Waals surface area contributed by atoms with Gasteiger partial charge in [-0.3, -0.25) is 5.43 Å². The van der Waals surface area contributed by atoms with Gasteiger partial charge in [0.25, 0.3) is 0 Å². The van der Waals surface area contributed by atoms with Gasteiger partial charge in [-0.2, -0.15) is 0 Å². The molecule has 1 amide bonds. The van der Waals surface area contributed by atoms with E-state index in [4.69, 9.17) is 0 Å². The molecule has 0 radical (unpaired) electrons. The highest BCUT2D eigenvalue weighted by molar-refractivity contribution is 5.66. The van der Waals surface area contributed by atoms with Crippen LogP contribution in [0.4, 0.5) is 4.79 Å². The number of rotatable bonds is 13. The minimum atomic E-state index is -0.355. The highest BCUT2D eigenvalue weighted by Gasteiger charge is 2.08. The summed E-state index contributed by atoms with van der Waals surface area (Å²) in [6, 6.07) is 0. The molecule has 0 bridgehead atoms. The Labute approximate surface area is 125 Å². The number of ether oxygens (including phenoxy) is 1. The predicted molar refractivity (Wildman–Crippen MR) is 84.6 cm³/mol. The number of hydrazine groups is 1. The normalized spacial score (nSPS) is 10.8. The van der Waals surface area contributed by atoms with E-state index in [-0.39, 0.29) is 6.09 Å². The second-order valence-corrected chi connectivity index (χ2v) is 5.42. The van der Waals surface area contributed by atoms with Crippen LogP contribution in [-0.2, 0) is 4.74 Å². The summed E-state index contributed by atoms with van der Waals surface area (Å²) in [6.45, 7) is 6.29. The third-order valence-corrected chi connectivity index (χ3v) is 3.50. The molecule has 120 valence electrons. The maximum absolute atomic E-state index is 11.3. The molecule has 4 heteroatoms. The van der Waals surface area contributed by atoms with Crippen molar-refractivity contribution in [2.24, 2.45) is 0 Å². The van der Waals surface area contributed by atoms with Crippen LogP contribution in [0.2, 0.25) is 0 Å². The van der Waals surface area contributed by atoms with Crippen LogP contribution >= 0.6 is 0 Å². The molecule has 0 fully saturated rings. The van der Waals surface area contributed by atoms with E-state index in [0.717, 1.165) is 25.9 Å². The third kappa shape index (κ3) is 12.3. The molecule has 0 aromatic heterocycles. The quantitative estimate of drug-likeness (QED) is 0.400. The zero-order chi connectivity index (χ0) is 15.1. The number of carbonyl (C=O) groups excluding carboxylic acids is 1. The molecule has 1 N–H and O–H groups in total. The van der Waals surface area contributed by atoms with Gasteiger partial charge in [0.05, 0.1) is 7.11 Å². The fourth-order valence-electron chi connectivity index (χ4n) is 2.21. The first-order valence-corrected chi connectivity index (χ1v) is 8.34. The Bertz CT molecular complexity index is 209. The molecular weight excluding hydrogens is 252 g/mol. The van der Waals surface area contributed by atoms with Crippen molar-refractivity contribution in [1.82, 2.24) is 10.4 Å². The number of nitrogens with one attached hydrogen (secondary N) is 1. The van der Waals surface area contributed by atoms with Gasteiger partial charge in [-0.1, -0.05) is 65.2 Å². The first kappa shape index (κ1) is 19.2. The monoisotopic (exact) mass is 286 g/mol. The van der Waals surface area contributed by atoms with E-state index in [1.54, 1.807) is 0 Å². The van der Waals surface area contributed by atoms with Gasteiger partial charge in [0, 0.05) is 13.1 Å². The summed E-state index contributed by atoms with van der Waals surface area (Å²) in [5.74, 6) is 0. The molecule has 0 aromatic carbocycles. The van der Waals surface area contributed by atoms with Crippen molar-refractivity contribution >= 4 is 6.09 Å². The molecule has 0 spiro atoms. The van der Waals surface area contributed by atoms with Crippen LogP contribution < -0.4 is 5.43 Å². The van der Waals surface area contributed by atoms with Gasteiger partial charge in [0.15, 0.2) is 0 Å². The van der Waals surface area contributed by atoms with Crippen LogP contribution in [0.5, 0.6) is 0 Å². The molecule has 0 heterocycles. The first-order valence-electron chi connectivity index (χ1n) is 8.34. The maximum atomic E-state index is 11.3. The lowest BCUT2D eigenvalue weighted by molar-refractivity contribution is 0.119. The van der Waals surface area contributed by atoms with E-state index < -0.39 is 0 Å². The minimum absolute atomic E-state index is 0.355. The van der Waals surface area contributed by atoms with Crippen molar-refractivity contribution in [1.29, 1.82) is 0 Å². The zero-order valence-corrected chi connectivity index (χ0v) is 13.7. The molecule has 0 atom stereocenters. The molecule has 0 rings (SSSR count). The van der Waals surface area contributed by atoms with Crippen molar-refractivity contribution in [2.45, 2.75) is 78.1 Å². The van der Waals surface area contributed by atoms with E-state index in [1.165, 1.54) is 58.5 Å². The van der Waals surface area contributed by atoms with Crippen molar-refractivity contribution in [3.63, 3.8) is 0 Å². The summed E-state index contributed by atoms with van der Waals surface area (Å²) < 4.78 is 4.68. The van der Waals surface area contributed by atoms with Crippen molar-refractivity contribution in [2.75, 3.05) is 20.2 Å². The lowest BCUT2D eigenvalue weighted by atomic mass is 10.1. The summed E-state index contributed by atoms with van der Waals surface area (Å²) in [4.78, 5) is 11.3. The lowest BCUT2D eigenvalue weighted by Crippen LogP contribution is -2.43. The molecule has 0 unspecified atom stereocenters. The molecule has 0 saturated heterocycles. The largest absolute Gasteiger partial charge is 0.452 e. The van der Waals surface area contributed by atoms with Crippen LogP contribution in [0.3, 0.4) is 0 Å². The smallest absolute Gasteiger partial charge is 0.421 e. The average Bonchev–Trinajstić information content (AvgIpc) is 2.46. The first-order chi connectivity index (χ1) is 9.74. The van der Waals surface area contributed by atoms with Crippen LogP contribution in [0.25, 0.3) is 0 Å². The Hall–Kier alpha value is -0.770. The fourth-order valence-corrected chi connectivity index (χ4v) is 2.21. The van der Waals surface area contributed by atoms with E-state index in [2.05, 4.69) is 24.0 Å². The maximum Gasteiger partial charge on any atom is 0.421 e. The Morgan fingerprint density at radius 3 is 1.70 bits per heavy atom. The highest BCUT2D eigenvalue weighted by atomic mass is 16.5. The second kappa shape index (κ2) is 14.6. The minimum Gasteiger partial charge on any atom is -0.452 e. The van der Waals surface area contributed by atoms with Gasteiger partial charge >= 0.3 is 6.09 Å². The Morgan fingerprint density at radius 1 is 0.850 bits per heavy atom. The van der Waals surface area contributed by atoms with Crippen LogP contribution in [0.1, 0.15) is 78.1 Å². The number of methoxy groups -OCH3 is 1. The third-order valence-electron chi connectivity index (χ3n) is 3.50. The van der Waals surface area contributed by atoms with E-state index >= 15 is 0 Å². The van der Waals surface area contributed by atoms with Gasteiger partial charge in [-0.25, -0.2) is 9.80 Å². The standard InChI is InChI=1S/C16H34N2O2/c1-4-6-8-10-12-14-18(17-16(19)20-3)15-13-11-9-7-5-2/h4-15H2,1-3H3,(H,17,19). The average molecular weight is 286 g/mol. The van der Waals surface area contributed by atoms with Crippen molar-refractivity contribution in [3.05, 3.63) is 0 Å². The van der Waals surface area contributed by atoms with Crippen LogP contribution in [0, 0.1) is 0 Å². The summed E-state index contributed by atoms with van der Waals surface area (Å²) >= 11 is 0. The molecule has 20 heavy (non-hydrogen) atoms. The predicted octanol–water partition coefficient (Wildman–Crippen LogP) is 4.50. The summed E-state index contributed by atoms with van der Waals surface area (Å²) in [5, 5.41) is 2.02. The van der Waals surface area contributed by atoms with Gasteiger partial charge < -0.3 is 4.74 Å². The number of unbranched alkanes of at least 4 members (excludes halogenated alkanes) is 8.